The van der Waals surface area contributed by atoms with Crippen LogP contribution in [-0.2, 0) is 12.8 Å². The molecule has 0 radical (unpaired) electrons. The van der Waals surface area contributed by atoms with E-state index in [1.165, 1.54) is 0 Å². The van der Waals surface area contributed by atoms with Gasteiger partial charge in [-0.1, -0.05) is 0 Å². The zero-order valence-electron chi connectivity index (χ0n) is 30.6. The number of fused-ring (bicyclic) bond motifs is 2. The van der Waals surface area contributed by atoms with Crippen molar-refractivity contribution in [3.63, 3.8) is 0 Å². The normalized spacial score (nSPS) is 20.1. The van der Waals surface area contributed by atoms with E-state index in [-0.39, 0.29) is 24.4 Å². The fraction of sp³-hybridized carbons (Fsp3) is 0.500. The first kappa shape index (κ1) is 35.7. The summed E-state index contributed by atoms with van der Waals surface area (Å²) in [5.74, 6) is 4.87. The first-order valence-corrected chi connectivity index (χ1v) is 18.5. The number of piperidine rings is 2. The van der Waals surface area contributed by atoms with Crippen molar-refractivity contribution in [2.45, 2.75) is 89.6 Å². The van der Waals surface area contributed by atoms with Crippen LogP contribution < -0.4 is 28.7 Å². The first-order valence-electron chi connectivity index (χ1n) is 18.5. The SMILES string of the molecule is COc1ccc(OC2CCN(c3nc4c(cc3C)[C@@H](O)CC4)CC2)cn1.COc1ccc(OC2CCN(c3nc4c(cc3C)[C@H](O)CC4)CC2)cn1. The zero-order valence-corrected chi connectivity index (χ0v) is 30.6. The molecule has 0 bridgehead atoms. The van der Waals surface area contributed by atoms with E-state index in [4.69, 9.17) is 28.9 Å². The second-order valence-corrected chi connectivity index (χ2v) is 14.1. The average Bonchev–Trinajstić information content (AvgIpc) is 3.72. The Bertz CT molecular complexity index is 1670. The Balaban J connectivity index is 0.000000162. The smallest absolute Gasteiger partial charge is 0.213 e. The summed E-state index contributed by atoms with van der Waals surface area (Å²) in [6.07, 6.45) is 10.2. The largest absolute Gasteiger partial charge is 0.489 e. The lowest BCUT2D eigenvalue weighted by Crippen LogP contribution is -2.39. The number of aliphatic hydroxyl groups excluding tert-OH is 2. The van der Waals surface area contributed by atoms with Gasteiger partial charge in [0.15, 0.2) is 0 Å². The fourth-order valence-electron chi connectivity index (χ4n) is 7.67. The van der Waals surface area contributed by atoms with Crippen LogP contribution in [0, 0.1) is 13.8 Å². The van der Waals surface area contributed by atoms with Gasteiger partial charge in [-0.2, -0.15) is 0 Å². The lowest BCUT2D eigenvalue weighted by molar-refractivity contribution is 0.169. The molecule has 12 nitrogen and oxygen atoms in total. The Morgan fingerprint density at radius 1 is 0.596 bits per heavy atom. The van der Waals surface area contributed by atoms with E-state index < -0.39 is 0 Å². The molecule has 276 valence electrons. The standard InChI is InChI=1S/2C20H25N3O3/c2*1-13-11-16-17(4-5-18(16)24)22-20(13)23-9-7-14(8-10-23)26-15-3-6-19(25-2)21-12-15/h2*3,6,11-12,14,18,24H,4-5,7-10H2,1-2H3/t2*18-/m10/s1. The Hall–Kier alpha value is -4.68. The second-order valence-electron chi connectivity index (χ2n) is 14.1. The van der Waals surface area contributed by atoms with Gasteiger partial charge in [-0.25, -0.2) is 19.9 Å². The fourth-order valence-corrected chi connectivity index (χ4v) is 7.67. The Morgan fingerprint density at radius 3 is 1.35 bits per heavy atom. The summed E-state index contributed by atoms with van der Waals surface area (Å²) in [6.45, 7) is 7.85. The molecule has 6 heterocycles. The first-order chi connectivity index (χ1) is 25.3. The number of aromatic nitrogens is 4. The number of rotatable bonds is 8. The highest BCUT2D eigenvalue weighted by atomic mass is 16.5. The minimum Gasteiger partial charge on any atom is -0.489 e. The van der Waals surface area contributed by atoms with E-state index in [2.05, 4.69) is 45.7 Å². The number of hydrogen-bond donors (Lipinski definition) is 2. The molecule has 2 fully saturated rings. The van der Waals surface area contributed by atoms with Crippen LogP contribution in [0.25, 0.3) is 0 Å². The van der Waals surface area contributed by atoms with Gasteiger partial charge in [0.25, 0.3) is 0 Å². The van der Waals surface area contributed by atoms with Crippen LogP contribution >= 0.6 is 0 Å². The van der Waals surface area contributed by atoms with Crippen molar-refractivity contribution in [2.24, 2.45) is 0 Å². The van der Waals surface area contributed by atoms with Crippen molar-refractivity contribution in [3.8, 4) is 23.3 Å². The molecular formula is C40H50N6O6. The topological polar surface area (TPSA) is 135 Å². The summed E-state index contributed by atoms with van der Waals surface area (Å²) in [5, 5.41) is 20.1. The number of nitrogens with zero attached hydrogens (tertiary/aromatic N) is 6. The third-order valence-corrected chi connectivity index (χ3v) is 10.5. The summed E-state index contributed by atoms with van der Waals surface area (Å²) < 4.78 is 22.3. The van der Waals surface area contributed by atoms with E-state index in [9.17, 15) is 10.2 Å². The lowest BCUT2D eigenvalue weighted by atomic mass is 10.1. The molecule has 4 aromatic heterocycles. The maximum absolute atomic E-state index is 10.0. The molecule has 0 amide bonds. The predicted octanol–water partition coefficient (Wildman–Crippen LogP) is 5.64. The molecular weight excluding hydrogens is 660 g/mol. The van der Waals surface area contributed by atoms with Crippen LogP contribution in [0.3, 0.4) is 0 Å². The summed E-state index contributed by atoms with van der Waals surface area (Å²) in [4.78, 5) is 22.8. The lowest BCUT2D eigenvalue weighted by Gasteiger charge is -2.34. The highest BCUT2D eigenvalue weighted by Crippen LogP contribution is 2.36. The maximum Gasteiger partial charge on any atom is 0.213 e. The van der Waals surface area contributed by atoms with Gasteiger partial charge in [0.05, 0.1) is 38.8 Å². The van der Waals surface area contributed by atoms with Crippen molar-refractivity contribution in [1.29, 1.82) is 0 Å². The van der Waals surface area contributed by atoms with Crippen molar-refractivity contribution < 1.29 is 29.2 Å². The molecule has 52 heavy (non-hydrogen) atoms. The number of pyridine rings is 4. The Morgan fingerprint density at radius 2 is 1.00 bits per heavy atom. The number of aryl methyl sites for hydroxylation is 4. The minimum atomic E-state index is -0.345. The van der Waals surface area contributed by atoms with Crippen LogP contribution in [0.5, 0.6) is 23.3 Å². The quantitative estimate of drug-likeness (QED) is 0.234. The highest BCUT2D eigenvalue weighted by molar-refractivity contribution is 5.52. The van der Waals surface area contributed by atoms with Crippen LogP contribution in [0.15, 0.2) is 48.8 Å². The van der Waals surface area contributed by atoms with E-state index in [0.717, 1.165) is 134 Å². The van der Waals surface area contributed by atoms with Crippen molar-refractivity contribution in [3.05, 3.63) is 82.4 Å². The molecule has 2 aliphatic carbocycles. The molecule has 4 aliphatic rings. The van der Waals surface area contributed by atoms with E-state index in [1.807, 2.05) is 24.3 Å². The van der Waals surface area contributed by atoms with Gasteiger partial charge in [-0.05, 0) is 74.9 Å². The van der Waals surface area contributed by atoms with Gasteiger partial charge >= 0.3 is 0 Å². The molecule has 2 atom stereocenters. The molecule has 0 saturated carbocycles. The summed E-state index contributed by atoms with van der Waals surface area (Å²) in [7, 11) is 3.21. The van der Waals surface area contributed by atoms with Gasteiger partial charge in [0.1, 0.15) is 35.3 Å². The molecule has 0 aromatic carbocycles. The molecule has 4 aromatic rings. The average molecular weight is 711 g/mol. The molecule has 2 aliphatic heterocycles. The van der Waals surface area contributed by atoms with E-state index >= 15 is 0 Å². The van der Waals surface area contributed by atoms with E-state index in [0.29, 0.717) is 11.8 Å². The number of ether oxygens (including phenoxy) is 4. The summed E-state index contributed by atoms with van der Waals surface area (Å²) in [6, 6.07) is 11.7. The van der Waals surface area contributed by atoms with E-state index in [1.54, 1.807) is 26.6 Å². The molecule has 2 N–H and O–H groups in total. The predicted molar refractivity (Wildman–Crippen MR) is 198 cm³/mol. The van der Waals surface area contributed by atoms with Gasteiger partial charge < -0.3 is 39.0 Å². The van der Waals surface area contributed by atoms with Gasteiger partial charge in [0.2, 0.25) is 11.8 Å². The molecule has 12 heteroatoms. The maximum atomic E-state index is 10.0. The number of hydrogen-bond acceptors (Lipinski definition) is 12. The van der Waals surface area contributed by atoms with Crippen LogP contribution in [-0.4, -0.2) is 82.8 Å². The third-order valence-electron chi connectivity index (χ3n) is 10.5. The van der Waals surface area contributed by atoms with Crippen molar-refractivity contribution >= 4 is 11.6 Å². The number of anilines is 2. The zero-order chi connectivity index (χ0) is 36.2. The van der Waals surface area contributed by atoms with Gasteiger partial charge in [-0.3, -0.25) is 0 Å². The Kier molecular flexibility index (Phi) is 10.9. The minimum absolute atomic E-state index is 0.193. The van der Waals surface area contributed by atoms with Crippen LogP contribution in [0.1, 0.15) is 84.4 Å². The van der Waals surface area contributed by atoms with Crippen LogP contribution in [0.2, 0.25) is 0 Å². The van der Waals surface area contributed by atoms with Gasteiger partial charge in [0, 0.05) is 86.5 Å². The van der Waals surface area contributed by atoms with Gasteiger partial charge in [-0.15, -0.1) is 0 Å². The molecule has 0 spiro atoms. The summed E-state index contributed by atoms with van der Waals surface area (Å²) >= 11 is 0. The summed E-state index contributed by atoms with van der Waals surface area (Å²) in [5.41, 5.74) is 6.42. The highest BCUT2D eigenvalue weighted by Gasteiger charge is 2.29. The van der Waals surface area contributed by atoms with Crippen molar-refractivity contribution in [1.82, 2.24) is 19.9 Å². The Labute approximate surface area is 305 Å². The number of methoxy groups -OCH3 is 2. The second kappa shape index (κ2) is 15.9. The molecule has 0 unspecified atom stereocenters. The molecule has 8 rings (SSSR count). The van der Waals surface area contributed by atoms with Crippen molar-refractivity contribution in [2.75, 3.05) is 50.2 Å². The molecule has 2 saturated heterocycles. The monoisotopic (exact) mass is 710 g/mol. The van der Waals surface area contributed by atoms with Crippen LogP contribution in [0.4, 0.5) is 11.6 Å². The third kappa shape index (κ3) is 8.03. The number of aliphatic hydroxyl groups is 2.